The molecule has 0 spiro atoms. The minimum atomic E-state index is -3.89. The van der Waals surface area contributed by atoms with E-state index in [1.54, 1.807) is 19.1 Å². The smallest absolute Gasteiger partial charge is 0.243 e. The third-order valence-electron chi connectivity index (χ3n) is 3.60. The number of carbonyl (C=O) groups excluding carboxylic acids is 1. The van der Waals surface area contributed by atoms with Gasteiger partial charge in [0.1, 0.15) is 5.82 Å². The van der Waals surface area contributed by atoms with Crippen LogP contribution in [0.1, 0.15) is 12.5 Å². The van der Waals surface area contributed by atoms with Gasteiger partial charge in [-0.3, -0.25) is 4.79 Å². The Morgan fingerprint density at radius 3 is 2.35 bits per heavy atom. The molecule has 2 rings (SSSR count). The van der Waals surface area contributed by atoms with Gasteiger partial charge in [-0.15, -0.1) is 0 Å². The van der Waals surface area contributed by atoms with Crippen molar-refractivity contribution in [1.29, 1.82) is 0 Å². The number of benzene rings is 2. The van der Waals surface area contributed by atoms with Crippen molar-refractivity contribution < 1.29 is 17.6 Å². The lowest BCUT2D eigenvalue weighted by Crippen LogP contribution is -2.40. The van der Waals surface area contributed by atoms with Crippen LogP contribution < -0.4 is 5.32 Å². The Labute approximate surface area is 161 Å². The fourth-order valence-electron chi connectivity index (χ4n) is 2.17. The fraction of sp³-hybridized carbons (Fsp3) is 0.235. The van der Waals surface area contributed by atoms with Crippen LogP contribution >= 0.6 is 23.2 Å². The summed E-state index contributed by atoms with van der Waals surface area (Å²) in [6.45, 7) is 1.55. The van der Waals surface area contributed by atoms with Crippen LogP contribution in [-0.2, 0) is 21.4 Å². The molecule has 9 heteroatoms. The topological polar surface area (TPSA) is 66.5 Å². The monoisotopic (exact) mass is 418 g/mol. The molecule has 0 radical (unpaired) electrons. The molecule has 2 aromatic rings. The van der Waals surface area contributed by atoms with E-state index in [4.69, 9.17) is 23.2 Å². The van der Waals surface area contributed by atoms with Crippen molar-refractivity contribution in [3.05, 3.63) is 63.9 Å². The Kier molecular flexibility index (Phi) is 7.00. The van der Waals surface area contributed by atoms with Gasteiger partial charge < -0.3 is 5.32 Å². The molecule has 0 aromatic heterocycles. The summed E-state index contributed by atoms with van der Waals surface area (Å²) in [4.78, 5) is 12.1. The molecular formula is C17H17Cl2FN2O3S. The molecule has 0 bridgehead atoms. The quantitative estimate of drug-likeness (QED) is 0.748. The van der Waals surface area contributed by atoms with Gasteiger partial charge in [0.2, 0.25) is 15.9 Å². The maximum atomic E-state index is 12.9. The highest BCUT2D eigenvalue weighted by molar-refractivity contribution is 7.89. The molecule has 0 saturated carbocycles. The Morgan fingerprint density at radius 2 is 1.77 bits per heavy atom. The zero-order valence-corrected chi connectivity index (χ0v) is 16.2. The lowest BCUT2D eigenvalue weighted by Gasteiger charge is -2.20. The second-order valence-corrected chi connectivity index (χ2v) is 8.16. The second-order valence-electron chi connectivity index (χ2n) is 5.41. The van der Waals surface area contributed by atoms with E-state index in [0.29, 0.717) is 5.56 Å². The molecule has 2 aromatic carbocycles. The summed E-state index contributed by atoms with van der Waals surface area (Å²) < 4.78 is 39.3. The van der Waals surface area contributed by atoms with Crippen molar-refractivity contribution in [3.63, 3.8) is 0 Å². The first-order valence-electron chi connectivity index (χ1n) is 7.70. The molecule has 0 aliphatic carbocycles. The lowest BCUT2D eigenvalue weighted by molar-refractivity contribution is -0.121. The van der Waals surface area contributed by atoms with E-state index < -0.39 is 15.9 Å². The van der Waals surface area contributed by atoms with Crippen LogP contribution in [0.5, 0.6) is 0 Å². The van der Waals surface area contributed by atoms with Gasteiger partial charge in [0.15, 0.2) is 0 Å². The number of likely N-dealkylation sites (N-methyl/N-ethyl adjacent to an activating group) is 1. The number of halogens is 3. The molecule has 0 aliphatic rings. The Bertz CT molecular complexity index is 889. The normalized spacial score (nSPS) is 11.6. The molecule has 0 unspecified atom stereocenters. The van der Waals surface area contributed by atoms with Crippen LogP contribution in [-0.4, -0.2) is 31.7 Å². The number of amides is 1. The van der Waals surface area contributed by atoms with Crippen LogP contribution in [0, 0.1) is 5.82 Å². The number of hydrogen-bond donors (Lipinski definition) is 1. The van der Waals surface area contributed by atoms with Crippen LogP contribution in [0.4, 0.5) is 4.39 Å². The number of carbonyl (C=O) groups is 1. The molecule has 1 N–H and O–H groups in total. The van der Waals surface area contributed by atoms with Gasteiger partial charge in [0.25, 0.3) is 0 Å². The van der Waals surface area contributed by atoms with Crippen LogP contribution in [0.25, 0.3) is 0 Å². The van der Waals surface area contributed by atoms with Crippen LogP contribution in [0.15, 0.2) is 47.4 Å². The number of nitrogens with zero attached hydrogens (tertiary/aromatic N) is 1. The number of nitrogens with one attached hydrogen (secondary N) is 1. The molecule has 0 atom stereocenters. The molecule has 26 heavy (non-hydrogen) atoms. The van der Waals surface area contributed by atoms with Gasteiger partial charge in [-0.25, -0.2) is 12.8 Å². The summed E-state index contributed by atoms with van der Waals surface area (Å²) in [6.07, 6.45) is 0. The van der Waals surface area contributed by atoms with Gasteiger partial charge in [-0.05, 0) is 35.9 Å². The van der Waals surface area contributed by atoms with Crippen molar-refractivity contribution in [2.24, 2.45) is 0 Å². The highest BCUT2D eigenvalue weighted by atomic mass is 35.5. The van der Waals surface area contributed by atoms with Gasteiger partial charge in [0.05, 0.1) is 21.5 Å². The lowest BCUT2D eigenvalue weighted by atomic mass is 10.2. The van der Waals surface area contributed by atoms with Gasteiger partial charge >= 0.3 is 0 Å². The van der Waals surface area contributed by atoms with Gasteiger partial charge in [-0.1, -0.05) is 42.3 Å². The fourth-order valence-corrected chi connectivity index (χ4v) is 3.97. The third-order valence-corrected chi connectivity index (χ3v) is 6.26. The third kappa shape index (κ3) is 5.17. The molecule has 140 valence electrons. The number of hydrogen-bond acceptors (Lipinski definition) is 3. The Morgan fingerprint density at radius 1 is 1.12 bits per heavy atom. The zero-order chi connectivity index (χ0) is 19.3. The number of rotatable bonds is 7. The molecule has 0 aliphatic heterocycles. The standard InChI is InChI=1S/C17H17Cl2FN2O3S/c1-2-22(26(24,25)14-7-8-15(18)16(19)9-14)11-17(23)21-10-12-3-5-13(20)6-4-12/h3-9H,2,10-11H2,1H3,(H,21,23). The average molecular weight is 419 g/mol. The summed E-state index contributed by atoms with van der Waals surface area (Å²) in [7, 11) is -3.89. The minimum Gasteiger partial charge on any atom is -0.351 e. The van der Waals surface area contributed by atoms with Crippen molar-refractivity contribution in [1.82, 2.24) is 9.62 Å². The zero-order valence-electron chi connectivity index (χ0n) is 13.9. The van der Waals surface area contributed by atoms with E-state index in [0.717, 1.165) is 4.31 Å². The molecule has 0 heterocycles. The molecule has 0 saturated heterocycles. The van der Waals surface area contributed by atoms with Gasteiger partial charge in [0, 0.05) is 13.1 Å². The highest BCUT2D eigenvalue weighted by Crippen LogP contribution is 2.26. The molecule has 5 nitrogen and oxygen atoms in total. The molecule has 1 amide bonds. The SMILES string of the molecule is CCN(CC(=O)NCc1ccc(F)cc1)S(=O)(=O)c1ccc(Cl)c(Cl)c1. The van der Waals surface area contributed by atoms with E-state index in [1.807, 2.05) is 0 Å². The maximum Gasteiger partial charge on any atom is 0.243 e. The average Bonchev–Trinajstić information content (AvgIpc) is 2.61. The van der Waals surface area contributed by atoms with Crippen LogP contribution in [0.2, 0.25) is 10.0 Å². The Hall–Kier alpha value is -1.67. The van der Waals surface area contributed by atoms with E-state index in [2.05, 4.69) is 5.32 Å². The van der Waals surface area contributed by atoms with E-state index >= 15 is 0 Å². The summed E-state index contributed by atoms with van der Waals surface area (Å²) in [6, 6.07) is 9.63. The summed E-state index contributed by atoms with van der Waals surface area (Å²) in [5, 5.41) is 2.97. The summed E-state index contributed by atoms with van der Waals surface area (Å²) in [5.74, 6) is -0.843. The molecule has 0 fully saturated rings. The first kappa shape index (κ1) is 20.6. The Balaban J connectivity index is 2.05. The van der Waals surface area contributed by atoms with Crippen molar-refractivity contribution in [2.75, 3.05) is 13.1 Å². The summed E-state index contributed by atoms with van der Waals surface area (Å²) in [5.41, 5.74) is 0.704. The van der Waals surface area contributed by atoms with E-state index in [-0.39, 0.29) is 40.4 Å². The van der Waals surface area contributed by atoms with Gasteiger partial charge in [-0.2, -0.15) is 4.31 Å². The number of sulfonamides is 1. The molecular weight excluding hydrogens is 402 g/mol. The first-order chi connectivity index (χ1) is 12.2. The van der Waals surface area contributed by atoms with Crippen molar-refractivity contribution in [3.8, 4) is 0 Å². The first-order valence-corrected chi connectivity index (χ1v) is 9.90. The predicted octanol–water partition coefficient (Wildman–Crippen LogP) is 3.46. The van der Waals surface area contributed by atoms with Crippen molar-refractivity contribution in [2.45, 2.75) is 18.4 Å². The highest BCUT2D eigenvalue weighted by Gasteiger charge is 2.25. The second kappa shape index (κ2) is 8.81. The largest absolute Gasteiger partial charge is 0.351 e. The minimum absolute atomic E-state index is 0.0416. The van der Waals surface area contributed by atoms with E-state index in [1.165, 1.54) is 30.3 Å². The van der Waals surface area contributed by atoms with Crippen molar-refractivity contribution >= 4 is 39.1 Å². The predicted molar refractivity (Wildman–Crippen MR) is 99.1 cm³/mol. The van der Waals surface area contributed by atoms with Crippen LogP contribution in [0.3, 0.4) is 0 Å². The van der Waals surface area contributed by atoms with E-state index in [9.17, 15) is 17.6 Å². The summed E-state index contributed by atoms with van der Waals surface area (Å²) >= 11 is 11.7. The maximum absolute atomic E-state index is 12.9.